The molecule has 0 fully saturated rings. The number of nitrogens with zero attached hydrogens (tertiary/aromatic N) is 4. The van der Waals surface area contributed by atoms with Crippen LogP contribution in [0.5, 0.6) is 0 Å². The van der Waals surface area contributed by atoms with E-state index in [1.165, 1.54) is 0 Å². The molecule has 0 aliphatic carbocycles. The van der Waals surface area contributed by atoms with Crippen LogP contribution < -0.4 is 15.0 Å². The van der Waals surface area contributed by atoms with Gasteiger partial charge in [-0.3, -0.25) is 9.48 Å². The number of hydrogen-bond donors (Lipinski definition) is 0. The van der Waals surface area contributed by atoms with Gasteiger partial charge in [-0.25, -0.2) is 9.58 Å². The molecule has 2 heterocycles. The Morgan fingerprint density at radius 3 is 2.18 bits per heavy atom. The molecule has 5 rings (SSSR count). The largest absolute Gasteiger partial charge is 0.346 e. The number of halogens is 1. The maximum absolute atomic E-state index is 14.0. The van der Waals surface area contributed by atoms with E-state index >= 15 is 0 Å². The van der Waals surface area contributed by atoms with Crippen molar-refractivity contribution in [2.75, 3.05) is 11.9 Å². The molecule has 0 saturated heterocycles. The minimum Gasteiger partial charge on any atom is -0.281 e. The zero-order valence-corrected chi connectivity index (χ0v) is 21.5. The maximum atomic E-state index is 14.0. The molecule has 0 radical (unpaired) electrons. The fourth-order valence-electron chi connectivity index (χ4n) is 4.15. The van der Waals surface area contributed by atoms with E-state index in [1.807, 2.05) is 86.4 Å². The van der Waals surface area contributed by atoms with Crippen LogP contribution in [0, 0.1) is 6.92 Å². The molecule has 170 valence electrons. The SMILES string of the molecule is Cc1c(-[n+]2c(-c3ccc(Br)cc3)csc2N(C)c2ccccc2)c(=O)n(-c2ccccc2)n1C. The molecule has 0 saturated carbocycles. The van der Waals surface area contributed by atoms with E-state index in [4.69, 9.17) is 0 Å². The van der Waals surface area contributed by atoms with E-state index in [-0.39, 0.29) is 5.56 Å². The van der Waals surface area contributed by atoms with E-state index in [1.54, 1.807) is 16.0 Å². The first-order valence-corrected chi connectivity index (χ1v) is 12.6. The highest BCUT2D eigenvalue weighted by Crippen LogP contribution is 2.32. The van der Waals surface area contributed by atoms with Crippen molar-refractivity contribution in [2.45, 2.75) is 6.92 Å². The zero-order chi connectivity index (χ0) is 23.8. The number of para-hydroxylation sites is 2. The van der Waals surface area contributed by atoms with Gasteiger partial charge in [-0.15, -0.1) is 0 Å². The molecule has 0 N–H and O–H groups in total. The standard InChI is InChI=1S/C27H24BrN4OS/c1-19-25(26(33)32(30(19)3)23-12-8-5-9-13-23)31-24(20-14-16-21(28)17-15-20)18-34-27(31)29(2)22-10-6-4-7-11-22/h4-18H,1-3H3/q+1. The lowest BCUT2D eigenvalue weighted by Gasteiger charge is -2.12. The first-order chi connectivity index (χ1) is 16.5. The summed E-state index contributed by atoms with van der Waals surface area (Å²) in [5, 5.41) is 3.08. The van der Waals surface area contributed by atoms with Crippen molar-refractivity contribution in [1.29, 1.82) is 0 Å². The first-order valence-electron chi connectivity index (χ1n) is 10.9. The highest BCUT2D eigenvalue weighted by atomic mass is 79.9. The van der Waals surface area contributed by atoms with Gasteiger partial charge in [0.1, 0.15) is 5.69 Å². The minimum atomic E-state index is -0.0596. The van der Waals surface area contributed by atoms with Gasteiger partial charge in [-0.1, -0.05) is 63.7 Å². The van der Waals surface area contributed by atoms with Crippen LogP contribution in [0.1, 0.15) is 5.69 Å². The monoisotopic (exact) mass is 531 g/mol. The Morgan fingerprint density at radius 1 is 0.912 bits per heavy atom. The normalized spacial score (nSPS) is 11.1. The summed E-state index contributed by atoms with van der Waals surface area (Å²) in [6.45, 7) is 2.00. The molecule has 5 aromatic rings. The van der Waals surface area contributed by atoms with Gasteiger partial charge >= 0.3 is 10.7 Å². The Kier molecular flexibility index (Phi) is 5.98. The topological polar surface area (TPSA) is 34.0 Å². The van der Waals surface area contributed by atoms with Crippen LogP contribution in [0.2, 0.25) is 0 Å². The van der Waals surface area contributed by atoms with Gasteiger partial charge in [0.25, 0.3) is 0 Å². The minimum absolute atomic E-state index is 0.0596. The average molecular weight is 532 g/mol. The first kappa shape index (κ1) is 22.4. The molecule has 0 atom stereocenters. The third-order valence-corrected chi connectivity index (χ3v) is 7.56. The van der Waals surface area contributed by atoms with Crippen molar-refractivity contribution in [3.63, 3.8) is 0 Å². The van der Waals surface area contributed by atoms with Crippen LogP contribution in [0.15, 0.2) is 99.6 Å². The van der Waals surface area contributed by atoms with E-state index in [0.29, 0.717) is 5.69 Å². The second kappa shape index (κ2) is 9.08. The van der Waals surface area contributed by atoms with Crippen LogP contribution in [0.3, 0.4) is 0 Å². The van der Waals surface area contributed by atoms with Gasteiger partial charge < -0.3 is 0 Å². The predicted octanol–water partition coefficient (Wildman–Crippen LogP) is 6.02. The molecular weight excluding hydrogens is 508 g/mol. The highest BCUT2D eigenvalue weighted by Gasteiger charge is 2.32. The van der Waals surface area contributed by atoms with Gasteiger partial charge in [0.05, 0.1) is 18.4 Å². The van der Waals surface area contributed by atoms with Crippen molar-refractivity contribution in [1.82, 2.24) is 9.36 Å². The summed E-state index contributed by atoms with van der Waals surface area (Å²) in [5.74, 6) is 0. The number of rotatable bonds is 5. The van der Waals surface area contributed by atoms with Crippen molar-refractivity contribution in [2.24, 2.45) is 7.05 Å². The lowest BCUT2D eigenvalue weighted by atomic mass is 10.1. The van der Waals surface area contributed by atoms with Gasteiger partial charge in [0.15, 0.2) is 5.69 Å². The molecule has 0 bridgehead atoms. The zero-order valence-electron chi connectivity index (χ0n) is 19.1. The maximum Gasteiger partial charge on any atom is 0.346 e. The summed E-state index contributed by atoms with van der Waals surface area (Å²) in [6.07, 6.45) is 0. The molecule has 2 aromatic heterocycles. The summed E-state index contributed by atoms with van der Waals surface area (Å²) >= 11 is 5.15. The van der Waals surface area contributed by atoms with Crippen LogP contribution >= 0.6 is 27.3 Å². The molecule has 0 spiro atoms. The number of hydrogen-bond acceptors (Lipinski definition) is 3. The van der Waals surface area contributed by atoms with E-state index in [0.717, 1.165) is 37.9 Å². The average Bonchev–Trinajstić information content (AvgIpc) is 3.38. The molecule has 5 nitrogen and oxygen atoms in total. The van der Waals surface area contributed by atoms with Crippen molar-refractivity contribution in [3.8, 4) is 22.6 Å². The summed E-state index contributed by atoms with van der Waals surface area (Å²) in [5.41, 5.74) is 5.38. The molecule has 7 heteroatoms. The molecular formula is C27H24BrN4OS+. The molecule has 34 heavy (non-hydrogen) atoms. The third-order valence-electron chi connectivity index (χ3n) is 6.03. The number of aromatic nitrogens is 3. The second-order valence-electron chi connectivity index (χ2n) is 8.05. The Balaban J connectivity index is 1.79. The summed E-state index contributed by atoms with van der Waals surface area (Å²) < 4.78 is 6.77. The number of anilines is 2. The van der Waals surface area contributed by atoms with Gasteiger partial charge in [0.2, 0.25) is 5.69 Å². The predicted molar refractivity (Wildman–Crippen MR) is 143 cm³/mol. The molecule has 3 aromatic carbocycles. The molecule has 0 unspecified atom stereocenters. The van der Waals surface area contributed by atoms with Crippen LogP contribution in [0.25, 0.3) is 22.6 Å². The second-order valence-corrected chi connectivity index (χ2v) is 9.80. The van der Waals surface area contributed by atoms with E-state index < -0.39 is 0 Å². The Bertz CT molecular complexity index is 1500. The van der Waals surface area contributed by atoms with E-state index in [2.05, 4.69) is 55.0 Å². The van der Waals surface area contributed by atoms with Gasteiger partial charge in [-0.05, 0) is 55.5 Å². The van der Waals surface area contributed by atoms with E-state index in [9.17, 15) is 4.79 Å². The Hall–Kier alpha value is -3.42. The smallest absolute Gasteiger partial charge is 0.281 e. The Labute approximate surface area is 210 Å². The lowest BCUT2D eigenvalue weighted by molar-refractivity contribution is -0.566. The fraction of sp³-hybridized carbons (Fsp3) is 0.111. The molecule has 0 amide bonds. The third kappa shape index (κ3) is 3.81. The summed E-state index contributed by atoms with van der Waals surface area (Å²) in [6, 6.07) is 28.2. The Morgan fingerprint density at radius 2 is 1.53 bits per heavy atom. The van der Waals surface area contributed by atoms with Crippen LogP contribution in [-0.4, -0.2) is 16.4 Å². The van der Waals surface area contributed by atoms with Crippen molar-refractivity contribution < 1.29 is 4.57 Å². The van der Waals surface area contributed by atoms with Gasteiger partial charge in [-0.2, -0.15) is 4.57 Å². The number of benzene rings is 3. The van der Waals surface area contributed by atoms with Crippen LogP contribution in [-0.2, 0) is 7.05 Å². The van der Waals surface area contributed by atoms with Crippen molar-refractivity contribution >= 4 is 38.1 Å². The number of thiazole rings is 1. The quantitative estimate of drug-likeness (QED) is 0.260. The van der Waals surface area contributed by atoms with Crippen LogP contribution in [0.4, 0.5) is 10.8 Å². The lowest BCUT2D eigenvalue weighted by Crippen LogP contribution is -2.41. The summed E-state index contributed by atoms with van der Waals surface area (Å²) in [4.78, 5) is 16.1. The molecule has 0 aliphatic rings. The van der Waals surface area contributed by atoms with Gasteiger partial charge in [0, 0.05) is 22.5 Å². The highest BCUT2D eigenvalue weighted by molar-refractivity contribution is 9.10. The fourth-order valence-corrected chi connectivity index (χ4v) is 5.44. The molecule has 0 aliphatic heterocycles. The summed E-state index contributed by atoms with van der Waals surface area (Å²) in [7, 11) is 3.97. The van der Waals surface area contributed by atoms with Crippen molar-refractivity contribution in [3.05, 3.63) is 111 Å².